The van der Waals surface area contributed by atoms with Crippen LogP contribution < -0.4 is 16.0 Å². The van der Waals surface area contributed by atoms with E-state index in [9.17, 15) is 9.90 Å². The zero-order chi connectivity index (χ0) is 24.5. The number of amides is 1. The average molecular weight is 502 g/mol. The van der Waals surface area contributed by atoms with Gasteiger partial charge >= 0.3 is 0 Å². The van der Waals surface area contributed by atoms with Crippen molar-refractivity contribution in [3.8, 4) is 0 Å². The Kier molecular flexibility index (Phi) is 9.51. The maximum absolute atomic E-state index is 13.0. The number of benzene rings is 2. The molecule has 0 saturated heterocycles. The second-order valence-electron chi connectivity index (χ2n) is 8.38. The molecule has 1 amide bonds. The first-order valence-corrected chi connectivity index (χ1v) is 11.8. The zero-order valence-electron chi connectivity index (χ0n) is 19.2. The molecule has 3 rings (SSSR count). The van der Waals surface area contributed by atoms with Gasteiger partial charge in [0.2, 0.25) is 11.9 Å². The van der Waals surface area contributed by atoms with Crippen molar-refractivity contribution in [2.24, 2.45) is 5.92 Å². The molecule has 9 heteroatoms. The van der Waals surface area contributed by atoms with E-state index < -0.39 is 6.04 Å². The predicted octanol–water partition coefficient (Wildman–Crippen LogP) is 5.03. The van der Waals surface area contributed by atoms with Crippen LogP contribution in [0.1, 0.15) is 37.1 Å². The zero-order valence-corrected chi connectivity index (χ0v) is 20.7. The Morgan fingerprint density at radius 3 is 2.41 bits per heavy atom. The first-order chi connectivity index (χ1) is 16.3. The molecule has 0 radical (unpaired) electrons. The molecule has 0 spiro atoms. The molecule has 1 aromatic heterocycles. The van der Waals surface area contributed by atoms with E-state index in [2.05, 4.69) is 39.8 Å². The monoisotopic (exact) mass is 501 g/mol. The minimum atomic E-state index is -0.505. The molecule has 7 nitrogen and oxygen atoms in total. The lowest BCUT2D eigenvalue weighted by Crippen LogP contribution is -2.40. The van der Waals surface area contributed by atoms with Gasteiger partial charge in [-0.1, -0.05) is 61.3 Å². The summed E-state index contributed by atoms with van der Waals surface area (Å²) in [5, 5.41) is 20.3. The largest absolute Gasteiger partial charge is 0.390 e. The van der Waals surface area contributed by atoms with Gasteiger partial charge in [0.15, 0.2) is 0 Å². The molecule has 2 aromatic carbocycles. The van der Waals surface area contributed by atoms with Crippen LogP contribution in [0, 0.1) is 5.92 Å². The normalized spacial score (nSPS) is 11.8. The number of hydrogen-bond acceptors (Lipinski definition) is 6. The van der Waals surface area contributed by atoms with Gasteiger partial charge in [-0.15, -0.1) is 0 Å². The quantitative estimate of drug-likeness (QED) is 0.294. The van der Waals surface area contributed by atoms with Crippen LogP contribution in [0.25, 0.3) is 0 Å². The van der Waals surface area contributed by atoms with Gasteiger partial charge in [-0.3, -0.25) is 4.79 Å². The van der Waals surface area contributed by atoms with Crippen LogP contribution >= 0.6 is 23.2 Å². The highest BCUT2D eigenvalue weighted by Crippen LogP contribution is 2.17. The molecule has 0 aliphatic heterocycles. The second-order valence-corrected chi connectivity index (χ2v) is 9.25. The fourth-order valence-electron chi connectivity index (χ4n) is 3.36. The number of nitrogens with zero attached hydrogens (tertiary/aromatic N) is 2. The highest BCUT2D eigenvalue weighted by atomic mass is 35.5. The van der Waals surface area contributed by atoms with E-state index in [1.54, 1.807) is 18.2 Å². The van der Waals surface area contributed by atoms with Crippen LogP contribution in [0.2, 0.25) is 10.0 Å². The molecular formula is C25H29Cl2N5O2. The van der Waals surface area contributed by atoms with E-state index >= 15 is 0 Å². The highest BCUT2D eigenvalue weighted by molar-refractivity contribution is 6.30. The van der Waals surface area contributed by atoms with E-state index in [1.807, 2.05) is 36.4 Å². The number of aliphatic hydroxyl groups excluding tert-OH is 1. The minimum Gasteiger partial charge on any atom is -0.390 e. The van der Waals surface area contributed by atoms with E-state index in [-0.39, 0.29) is 18.4 Å². The first-order valence-electron chi connectivity index (χ1n) is 11.1. The molecular weight excluding hydrogens is 473 g/mol. The summed E-state index contributed by atoms with van der Waals surface area (Å²) in [6.45, 7) is 4.72. The van der Waals surface area contributed by atoms with E-state index in [0.29, 0.717) is 47.0 Å². The Morgan fingerprint density at radius 1 is 0.971 bits per heavy atom. The summed E-state index contributed by atoms with van der Waals surface area (Å²) in [6, 6.07) is 16.0. The third-order valence-electron chi connectivity index (χ3n) is 5.01. The third kappa shape index (κ3) is 8.17. The van der Waals surface area contributed by atoms with Gasteiger partial charge in [0.25, 0.3) is 0 Å². The maximum Gasteiger partial charge on any atom is 0.242 e. The average Bonchev–Trinajstić information content (AvgIpc) is 2.81. The van der Waals surface area contributed by atoms with Crippen LogP contribution in [0.3, 0.4) is 0 Å². The maximum atomic E-state index is 13.0. The van der Waals surface area contributed by atoms with Crippen LogP contribution in [0.5, 0.6) is 0 Å². The SMILES string of the molecule is CC(C)C[C@@H](Nc1cc(CO)nc(NCc2cccc(Cl)c2)n1)C(=O)NCc1ccc(Cl)cc1. The van der Waals surface area contributed by atoms with Crippen molar-refractivity contribution < 1.29 is 9.90 Å². The van der Waals surface area contributed by atoms with Gasteiger partial charge in [-0.25, -0.2) is 4.98 Å². The van der Waals surface area contributed by atoms with Gasteiger partial charge in [-0.2, -0.15) is 4.98 Å². The first kappa shape index (κ1) is 25.7. The Balaban J connectivity index is 1.70. The summed E-state index contributed by atoms with van der Waals surface area (Å²) in [5.41, 5.74) is 2.37. The summed E-state index contributed by atoms with van der Waals surface area (Å²) < 4.78 is 0. The molecule has 0 fully saturated rings. The van der Waals surface area contributed by atoms with E-state index in [1.165, 1.54) is 0 Å². The summed E-state index contributed by atoms with van der Waals surface area (Å²) in [7, 11) is 0. The number of aromatic nitrogens is 2. The Labute approximate surface area is 209 Å². The molecule has 34 heavy (non-hydrogen) atoms. The molecule has 1 atom stereocenters. The van der Waals surface area contributed by atoms with E-state index in [4.69, 9.17) is 23.2 Å². The standard InChI is InChI=1S/C25H29Cl2N5O2/c1-16(2)10-22(24(34)28-13-17-6-8-19(26)9-7-17)31-23-12-21(15-33)30-25(32-23)29-14-18-4-3-5-20(27)11-18/h3-9,11-12,16,22,33H,10,13-15H2,1-2H3,(H,28,34)(H2,29,30,31,32)/t22-/m1/s1. The number of hydrogen-bond donors (Lipinski definition) is 4. The molecule has 1 heterocycles. The molecule has 0 bridgehead atoms. The third-order valence-corrected chi connectivity index (χ3v) is 5.49. The molecule has 3 aromatic rings. The summed E-state index contributed by atoms with van der Waals surface area (Å²) >= 11 is 12.0. The number of carbonyl (C=O) groups excluding carboxylic acids is 1. The van der Waals surface area contributed by atoms with Crippen molar-refractivity contribution >= 4 is 40.9 Å². The van der Waals surface area contributed by atoms with Gasteiger partial charge in [0.05, 0.1) is 12.3 Å². The van der Waals surface area contributed by atoms with Crippen LogP contribution in [0.15, 0.2) is 54.6 Å². The lowest BCUT2D eigenvalue weighted by Gasteiger charge is -2.21. The predicted molar refractivity (Wildman–Crippen MR) is 137 cm³/mol. The lowest BCUT2D eigenvalue weighted by molar-refractivity contribution is -0.122. The minimum absolute atomic E-state index is 0.138. The number of anilines is 2. The number of rotatable bonds is 11. The van der Waals surface area contributed by atoms with Crippen LogP contribution in [0.4, 0.5) is 11.8 Å². The van der Waals surface area contributed by atoms with Gasteiger partial charge < -0.3 is 21.1 Å². The summed E-state index contributed by atoms with van der Waals surface area (Å²) in [5.74, 6) is 0.943. The Bertz CT molecular complexity index is 1090. The number of carbonyl (C=O) groups is 1. The lowest BCUT2D eigenvalue weighted by atomic mass is 10.0. The van der Waals surface area contributed by atoms with Crippen molar-refractivity contribution in [1.82, 2.24) is 15.3 Å². The van der Waals surface area contributed by atoms with Gasteiger partial charge in [0.1, 0.15) is 11.9 Å². The van der Waals surface area contributed by atoms with Gasteiger partial charge in [0, 0.05) is 29.2 Å². The van der Waals surface area contributed by atoms with Crippen molar-refractivity contribution in [3.63, 3.8) is 0 Å². The second kappa shape index (κ2) is 12.6. The van der Waals surface area contributed by atoms with Crippen molar-refractivity contribution in [3.05, 3.63) is 81.5 Å². The number of halogens is 2. The topological polar surface area (TPSA) is 99.2 Å². The Hall–Kier alpha value is -2.87. The molecule has 4 N–H and O–H groups in total. The number of nitrogens with one attached hydrogen (secondary N) is 3. The van der Waals surface area contributed by atoms with Crippen LogP contribution in [-0.4, -0.2) is 27.0 Å². The van der Waals surface area contributed by atoms with E-state index in [0.717, 1.165) is 11.1 Å². The molecule has 0 aliphatic carbocycles. The fourth-order valence-corrected chi connectivity index (χ4v) is 3.69. The fraction of sp³-hybridized carbons (Fsp3) is 0.320. The summed E-state index contributed by atoms with van der Waals surface area (Å²) in [6.07, 6.45) is 0.607. The van der Waals surface area contributed by atoms with Crippen molar-refractivity contribution in [1.29, 1.82) is 0 Å². The highest BCUT2D eigenvalue weighted by Gasteiger charge is 2.21. The smallest absolute Gasteiger partial charge is 0.242 e. The van der Waals surface area contributed by atoms with Crippen molar-refractivity contribution in [2.45, 2.75) is 46.0 Å². The molecule has 0 unspecified atom stereocenters. The Morgan fingerprint density at radius 2 is 1.74 bits per heavy atom. The molecule has 180 valence electrons. The molecule has 0 aliphatic rings. The molecule has 0 saturated carbocycles. The van der Waals surface area contributed by atoms with Gasteiger partial charge in [-0.05, 0) is 47.7 Å². The number of aliphatic hydroxyl groups is 1. The van der Waals surface area contributed by atoms with Crippen LogP contribution in [-0.2, 0) is 24.5 Å². The summed E-state index contributed by atoms with van der Waals surface area (Å²) in [4.78, 5) is 21.8. The van der Waals surface area contributed by atoms with Crippen molar-refractivity contribution in [2.75, 3.05) is 10.6 Å².